The molecule has 0 spiro atoms. The van der Waals surface area contributed by atoms with Gasteiger partial charge in [-0.05, 0) is 61.8 Å². The number of carboxylic acid groups (broad SMARTS) is 1. The van der Waals surface area contributed by atoms with Gasteiger partial charge in [-0.3, -0.25) is 9.52 Å². The molecule has 5 nitrogen and oxygen atoms in total. The number of anilines is 1. The number of hydrogen-bond donors (Lipinski definition) is 2. The number of unbranched alkanes of at least 4 members (excludes halogenated alkanes) is 1. The van der Waals surface area contributed by atoms with E-state index >= 15 is 0 Å². The molecule has 144 valence electrons. The highest BCUT2D eigenvalue weighted by molar-refractivity contribution is 7.92. The van der Waals surface area contributed by atoms with Gasteiger partial charge in [0.1, 0.15) is 0 Å². The average Bonchev–Trinajstić information content (AvgIpc) is 3.00. The topological polar surface area (TPSA) is 83.5 Å². The molecule has 0 bridgehead atoms. The third-order valence-electron chi connectivity index (χ3n) is 4.76. The van der Waals surface area contributed by atoms with Crippen molar-refractivity contribution >= 4 is 33.3 Å². The standard InChI is InChI=1S/C19H26ClNO4S/c20-16-8-10-17(11-9-16)21-26(24,25)15-19(13-5-6-14-19)12-4-2-1-3-7-18(22)23/h2,4,8-11,21H,1,3,5-7,12-15H2,(H,22,23)/b4-2-. The average molecular weight is 400 g/mol. The predicted octanol–water partition coefficient (Wildman–Crippen LogP) is 4.84. The maximum Gasteiger partial charge on any atom is 0.303 e. The van der Waals surface area contributed by atoms with Gasteiger partial charge in [0.25, 0.3) is 0 Å². The van der Waals surface area contributed by atoms with Crippen molar-refractivity contribution in [2.45, 2.75) is 51.4 Å². The molecule has 0 heterocycles. The van der Waals surface area contributed by atoms with Gasteiger partial charge in [0.15, 0.2) is 0 Å². The first-order valence-corrected chi connectivity index (χ1v) is 11.0. The third kappa shape index (κ3) is 7.00. The molecule has 0 aliphatic heterocycles. The monoisotopic (exact) mass is 399 g/mol. The van der Waals surface area contributed by atoms with E-state index in [1.807, 2.05) is 12.2 Å². The summed E-state index contributed by atoms with van der Waals surface area (Å²) in [7, 11) is -3.45. The zero-order chi connectivity index (χ0) is 19.0. The fraction of sp³-hybridized carbons (Fsp3) is 0.526. The van der Waals surface area contributed by atoms with Crippen molar-refractivity contribution in [1.82, 2.24) is 0 Å². The van der Waals surface area contributed by atoms with Crippen molar-refractivity contribution in [3.05, 3.63) is 41.4 Å². The van der Waals surface area contributed by atoms with Crippen LogP contribution in [0.25, 0.3) is 0 Å². The molecule has 2 N–H and O–H groups in total. The van der Waals surface area contributed by atoms with E-state index in [1.165, 1.54) is 0 Å². The zero-order valence-corrected chi connectivity index (χ0v) is 16.4. The lowest BCUT2D eigenvalue weighted by Crippen LogP contribution is -2.30. The van der Waals surface area contributed by atoms with Gasteiger partial charge in [-0.15, -0.1) is 0 Å². The number of carboxylic acids is 1. The van der Waals surface area contributed by atoms with Crippen LogP contribution in [-0.2, 0) is 14.8 Å². The van der Waals surface area contributed by atoms with Crippen LogP contribution in [0.5, 0.6) is 0 Å². The largest absolute Gasteiger partial charge is 0.481 e. The Kier molecular flexibility index (Phi) is 7.53. The summed E-state index contributed by atoms with van der Waals surface area (Å²) in [6.45, 7) is 0. The molecule has 0 saturated heterocycles. The van der Waals surface area contributed by atoms with Crippen LogP contribution in [0.3, 0.4) is 0 Å². The first-order valence-electron chi connectivity index (χ1n) is 8.93. The third-order valence-corrected chi connectivity index (χ3v) is 6.55. The van der Waals surface area contributed by atoms with Crippen molar-refractivity contribution in [3.63, 3.8) is 0 Å². The Labute approximate surface area is 160 Å². The fourth-order valence-electron chi connectivity index (χ4n) is 3.49. The van der Waals surface area contributed by atoms with Crippen molar-refractivity contribution in [1.29, 1.82) is 0 Å². The van der Waals surface area contributed by atoms with Gasteiger partial charge in [0.05, 0.1) is 5.75 Å². The first kappa shape index (κ1) is 20.8. The molecule has 1 aromatic rings. The van der Waals surface area contributed by atoms with E-state index in [-0.39, 0.29) is 17.6 Å². The minimum Gasteiger partial charge on any atom is -0.481 e. The molecule has 1 aromatic carbocycles. The minimum atomic E-state index is -3.45. The number of carbonyl (C=O) groups is 1. The number of nitrogens with one attached hydrogen (secondary N) is 1. The maximum atomic E-state index is 12.6. The zero-order valence-electron chi connectivity index (χ0n) is 14.8. The molecule has 7 heteroatoms. The number of halogens is 1. The normalized spacial score (nSPS) is 16.8. The van der Waals surface area contributed by atoms with Gasteiger partial charge < -0.3 is 5.11 Å². The summed E-state index contributed by atoms with van der Waals surface area (Å²) in [5.41, 5.74) is 0.286. The van der Waals surface area contributed by atoms with Crippen LogP contribution in [0.2, 0.25) is 5.02 Å². The number of rotatable bonds is 10. The molecule has 1 saturated carbocycles. The highest BCUT2D eigenvalue weighted by Crippen LogP contribution is 2.42. The summed E-state index contributed by atoms with van der Waals surface area (Å²) in [6, 6.07) is 6.63. The first-order chi connectivity index (χ1) is 12.3. The van der Waals surface area contributed by atoms with Gasteiger partial charge in [-0.2, -0.15) is 0 Å². The van der Waals surface area contributed by atoms with Crippen LogP contribution in [0.15, 0.2) is 36.4 Å². The van der Waals surface area contributed by atoms with Crippen LogP contribution >= 0.6 is 11.6 Å². The number of sulfonamides is 1. The highest BCUT2D eigenvalue weighted by atomic mass is 35.5. The Hall–Kier alpha value is -1.53. The molecular formula is C19H26ClNO4S. The molecule has 0 radical (unpaired) electrons. The van der Waals surface area contributed by atoms with Crippen molar-refractivity contribution < 1.29 is 18.3 Å². The van der Waals surface area contributed by atoms with E-state index in [4.69, 9.17) is 16.7 Å². The minimum absolute atomic E-state index is 0.0993. The molecule has 1 aliphatic carbocycles. The second kappa shape index (κ2) is 9.42. The van der Waals surface area contributed by atoms with Crippen molar-refractivity contribution in [2.24, 2.45) is 5.41 Å². The van der Waals surface area contributed by atoms with Crippen LogP contribution in [0.1, 0.15) is 51.4 Å². The molecule has 2 rings (SSSR count). The van der Waals surface area contributed by atoms with Gasteiger partial charge >= 0.3 is 5.97 Å². The van der Waals surface area contributed by atoms with Gasteiger partial charge in [-0.25, -0.2) is 8.42 Å². The SMILES string of the molecule is O=C(O)CCC/C=C\CC1(CS(=O)(=O)Nc2ccc(Cl)cc2)CCCC1. The number of benzene rings is 1. The number of aliphatic carboxylic acids is 1. The molecule has 1 fully saturated rings. The Morgan fingerprint density at radius 3 is 2.46 bits per heavy atom. The molecule has 0 atom stereocenters. The summed E-state index contributed by atoms with van der Waals surface area (Å²) in [4.78, 5) is 10.5. The lowest BCUT2D eigenvalue weighted by Gasteiger charge is -2.27. The van der Waals surface area contributed by atoms with E-state index in [0.717, 1.165) is 25.7 Å². The van der Waals surface area contributed by atoms with E-state index in [9.17, 15) is 13.2 Å². The van der Waals surface area contributed by atoms with Crippen LogP contribution < -0.4 is 4.72 Å². The predicted molar refractivity (Wildman–Crippen MR) is 105 cm³/mol. The van der Waals surface area contributed by atoms with E-state index in [0.29, 0.717) is 30.0 Å². The highest BCUT2D eigenvalue weighted by Gasteiger charge is 2.37. The van der Waals surface area contributed by atoms with Crippen molar-refractivity contribution in [3.8, 4) is 0 Å². The van der Waals surface area contributed by atoms with Crippen LogP contribution in [0.4, 0.5) is 5.69 Å². The Balaban J connectivity index is 1.94. The van der Waals surface area contributed by atoms with Gasteiger partial charge in [0.2, 0.25) is 10.0 Å². The molecule has 0 unspecified atom stereocenters. The molecule has 0 amide bonds. The van der Waals surface area contributed by atoms with E-state index < -0.39 is 16.0 Å². The molecule has 26 heavy (non-hydrogen) atoms. The maximum absolute atomic E-state index is 12.6. The second-order valence-corrected chi connectivity index (χ2v) is 9.20. The Morgan fingerprint density at radius 1 is 1.19 bits per heavy atom. The summed E-state index contributed by atoms with van der Waals surface area (Å²) in [5, 5.41) is 9.21. The lowest BCUT2D eigenvalue weighted by atomic mass is 9.84. The Morgan fingerprint density at radius 2 is 1.85 bits per heavy atom. The Bertz CT molecular complexity index is 722. The smallest absolute Gasteiger partial charge is 0.303 e. The summed E-state index contributed by atoms with van der Waals surface area (Å²) >= 11 is 5.84. The molecule has 0 aromatic heterocycles. The lowest BCUT2D eigenvalue weighted by molar-refractivity contribution is -0.137. The van der Waals surface area contributed by atoms with E-state index in [1.54, 1.807) is 24.3 Å². The van der Waals surface area contributed by atoms with Gasteiger partial charge in [-0.1, -0.05) is 36.6 Å². The van der Waals surface area contributed by atoms with E-state index in [2.05, 4.69) is 4.72 Å². The summed E-state index contributed by atoms with van der Waals surface area (Å²) < 4.78 is 27.9. The summed E-state index contributed by atoms with van der Waals surface area (Å²) in [5.74, 6) is -0.688. The number of hydrogen-bond acceptors (Lipinski definition) is 3. The number of allylic oxidation sites excluding steroid dienone is 2. The molecule has 1 aliphatic rings. The second-order valence-electron chi connectivity index (χ2n) is 7.04. The van der Waals surface area contributed by atoms with Gasteiger partial charge in [0, 0.05) is 17.1 Å². The fourth-order valence-corrected chi connectivity index (χ4v) is 5.40. The summed E-state index contributed by atoms with van der Waals surface area (Å²) in [6.07, 6.45) is 10.1. The van der Waals surface area contributed by atoms with Crippen molar-refractivity contribution in [2.75, 3.05) is 10.5 Å². The quantitative estimate of drug-likeness (QED) is 0.435. The van der Waals surface area contributed by atoms with Crippen LogP contribution in [0, 0.1) is 5.41 Å². The molecular weight excluding hydrogens is 374 g/mol. The van der Waals surface area contributed by atoms with Crippen LogP contribution in [-0.4, -0.2) is 25.2 Å².